The Labute approximate surface area is 98.4 Å². The molecule has 0 atom stereocenters. The van der Waals surface area contributed by atoms with Crippen LogP contribution in [0.15, 0.2) is 23.8 Å². The monoisotopic (exact) mass is 221 g/mol. The predicted octanol–water partition coefficient (Wildman–Crippen LogP) is 3.94. The van der Waals surface area contributed by atoms with Crippen molar-refractivity contribution in [2.24, 2.45) is 0 Å². The minimum Gasteiger partial charge on any atom is -0.455 e. The highest BCUT2D eigenvalue weighted by Gasteiger charge is 2.11. The first-order valence-electron chi connectivity index (χ1n) is 6.23. The molecule has 0 aromatic carbocycles. The molecular weight excluding hydrogens is 200 g/mol. The Balaban J connectivity index is 2.06. The number of hydrogen-bond acceptors (Lipinski definition) is 2. The van der Waals surface area contributed by atoms with E-state index in [1.54, 1.807) is 6.61 Å². The standard InChI is InChI=1S/C14H21O2/c1-2-3-4-5-9-12-16-14(15)13-10-7-6-8-11-13/h6-7,10,12H,2-5,8-9,11H2,1H3. The number of carbonyl (C=O) groups is 1. The molecule has 0 fully saturated rings. The van der Waals surface area contributed by atoms with Gasteiger partial charge >= 0.3 is 5.97 Å². The van der Waals surface area contributed by atoms with Crippen LogP contribution in [0.25, 0.3) is 0 Å². The van der Waals surface area contributed by atoms with E-state index in [-0.39, 0.29) is 5.97 Å². The summed E-state index contributed by atoms with van der Waals surface area (Å²) in [5, 5.41) is 0. The highest BCUT2D eigenvalue weighted by molar-refractivity contribution is 5.89. The quantitative estimate of drug-likeness (QED) is 0.481. The first-order valence-corrected chi connectivity index (χ1v) is 6.23. The van der Waals surface area contributed by atoms with Crippen molar-refractivity contribution in [2.45, 2.75) is 51.9 Å². The maximum absolute atomic E-state index is 11.5. The van der Waals surface area contributed by atoms with E-state index in [2.05, 4.69) is 13.0 Å². The van der Waals surface area contributed by atoms with Crippen LogP contribution in [-0.2, 0) is 9.53 Å². The molecule has 1 aliphatic carbocycles. The van der Waals surface area contributed by atoms with Gasteiger partial charge in [0.25, 0.3) is 0 Å². The minimum atomic E-state index is -0.181. The Bertz CT molecular complexity index is 264. The molecule has 0 unspecified atom stereocenters. The van der Waals surface area contributed by atoms with Gasteiger partial charge < -0.3 is 4.74 Å². The third-order valence-corrected chi connectivity index (χ3v) is 2.64. The van der Waals surface area contributed by atoms with E-state index in [1.807, 2.05) is 12.2 Å². The van der Waals surface area contributed by atoms with Crippen LogP contribution in [-0.4, -0.2) is 5.97 Å². The molecule has 2 nitrogen and oxygen atoms in total. The first-order chi connectivity index (χ1) is 7.84. The van der Waals surface area contributed by atoms with Gasteiger partial charge in [-0.1, -0.05) is 44.4 Å². The molecule has 0 N–H and O–H groups in total. The van der Waals surface area contributed by atoms with Gasteiger partial charge in [0.15, 0.2) is 0 Å². The molecule has 0 spiro atoms. The SMILES string of the molecule is CCCCCC[CH]OC(=O)C1=CC=CCC1. The van der Waals surface area contributed by atoms with Crippen molar-refractivity contribution < 1.29 is 9.53 Å². The number of esters is 1. The fourth-order valence-electron chi connectivity index (χ4n) is 1.64. The molecule has 0 aliphatic heterocycles. The van der Waals surface area contributed by atoms with Gasteiger partial charge in [-0.05, 0) is 25.7 Å². The van der Waals surface area contributed by atoms with Crippen LogP contribution in [0.3, 0.4) is 0 Å². The van der Waals surface area contributed by atoms with Gasteiger partial charge in [-0.25, -0.2) is 4.79 Å². The third-order valence-electron chi connectivity index (χ3n) is 2.64. The Morgan fingerprint density at radius 2 is 2.31 bits per heavy atom. The van der Waals surface area contributed by atoms with E-state index in [0.717, 1.165) is 31.3 Å². The van der Waals surface area contributed by atoms with E-state index in [0.29, 0.717) is 0 Å². The zero-order valence-corrected chi connectivity index (χ0v) is 10.1. The van der Waals surface area contributed by atoms with Gasteiger partial charge in [-0.3, -0.25) is 0 Å². The number of allylic oxidation sites excluding steroid dienone is 3. The van der Waals surface area contributed by atoms with Gasteiger partial charge in [0.05, 0.1) is 0 Å². The number of hydrogen-bond donors (Lipinski definition) is 0. The van der Waals surface area contributed by atoms with Crippen LogP contribution in [0.2, 0.25) is 0 Å². The molecule has 0 heterocycles. The number of carbonyl (C=O) groups excluding carboxylic acids is 1. The van der Waals surface area contributed by atoms with Crippen LogP contribution in [0.5, 0.6) is 0 Å². The molecule has 1 aliphatic rings. The fourth-order valence-corrected chi connectivity index (χ4v) is 1.64. The zero-order valence-electron chi connectivity index (χ0n) is 10.1. The van der Waals surface area contributed by atoms with Crippen LogP contribution in [0.1, 0.15) is 51.9 Å². The second kappa shape index (κ2) is 8.14. The van der Waals surface area contributed by atoms with E-state index in [4.69, 9.17) is 4.74 Å². The average Bonchev–Trinajstić information content (AvgIpc) is 2.34. The lowest BCUT2D eigenvalue weighted by Gasteiger charge is -2.08. The summed E-state index contributed by atoms with van der Waals surface area (Å²) in [5.74, 6) is -0.181. The Morgan fingerprint density at radius 3 is 3.00 bits per heavy atom. The molecule has 89 valence electrons. The van der Waals surface area contributed by atoms with Crippen molar-refractivity contribution >= 4 is 5.97 Å². The van der Waals surface area contributed by atoms with Gasteiger partial charge in [0, 0.05) is 5.57 Å². The molecule has 0 aromatic heterocycles. The average molecular weight is 221 g/mol. The summed E-state index contributed by atoms with van der Waals surface area (Å²) in [5.41, 5.74) is 0.785. The predicted molar refractivity (Wildman–Crippen MR) is 65.6 cm³/mol. The van der Waals surface area contributed by atoms with Crippen LogP contribution in [0, 0.1) is 6.61 Å². The van der Waals surface area contributed by atoms with Crippen molar-refractivity contribution in [2.75, 3.05) is 0 Å². The maximum Gasteiger partial charge on any atom is 0.334 e. The lowest BCUT2D eigenvalue weighted by Crippen LogP contribution is -2.07. The third kappa shape index (κ3) is 5.15. The normalized spacial score (nSPS) is 14.7. The van der Waals surface area contributed by atoms with Crippen molar-refractivity contribution in [3.8, 4) is 0 Å². The molecule has 1 rings (SSSR count). The highest BCUT2D eigenvalue weighted by atomic mass is 16.5. The summed E-state index contributed by atoms with van der Waals surface area (Å²) in [6.07, 6.45) is 13.3. The lowest BCUT2D eigenvalue weighted by atomic mass is 10.1. The Hall–Kier alpha value is -1.05. The largest absolute Gasteiger partial charge is 0.455 e. The van der Waals surface area contributed by atoms with Gasteiger partial charge in [0.2, 0.25) is 0 Å². The minimum absolute atomic E-state index is 0.181. The fraction of sp³-hybridized carbons (Fsp3) is 0.571. The van der Waals surface area contributed by atoms with Crippen molar-refractivity contribution in [3.63, 3.8) is 0 Å². The molecule has 0 aromatic rings. The number of rotatable bonds is 7. The van der Waals surface area contributed by atoms with Crippen LogP contribution >= 0.6 is 0 Å². The first kappa shape index (κ1) is 13.0. The summed E-state index contributed by atoms with van der Waals surface area (Å²) in [7, 11) is 0. The summed E-state index contributed by atoms with van der Waals surface area (Å²) >= 11 is 0. The summed E-state index contributed by atoms with van der Waals surface area (Å²) in [6.45, 7) is 3.84. The zero-order chi connectivity index (χ0) is 11.6. The summed E-state index contributed by atoms with van der Waals surface area (Å²) < 4.78 is 5.10. The second-order valence-corrected chi connectivity index (χ2v) is 4.08. The highest BCUT2D eigenvalue weighted by Crippen LogP contribution is 2.14. The topological polar surface area (TPSA) is 26.3 Å². The smallest absolute Gasteiger partial charge is 0.334 e. The van der Waals surface area contributed by atoms with Crippen molar-refractivity contribution in [1.29, 1.82) is 0 Å². The molecule has 0 amide bonds. The van der Waals surface area contributed by atoms with Crippen molar-refractivity contribution in [1.82, 2.24) is 0 Å². The Kier molecular flexibility index (Phi) is 6.62. The Morgan fingerprint density at radius 1 is 1.44 bits per heavy atom. The molecular formula is C14H21O2. The lowest BCUT2D eigenvalue weighted by molar-refractivity contribution is -0.136. The van der Waals surface area contributed by atoms with Crippen LogP contribution in [0.4, 0.5) is 0 Å². The summed E-state index contributed by atoms with van der Waals surface area (Å²) in [4.78, 5) is 11.5. The molecule has 1 radical (unpaired) electrons. The molecule has 0 saturated carbocycles. The summed E-state index contributed by atoms with van der Waals surface area (Å²) in [6, 6.07) is 0. The van der Waals surface area contributed by atoms with E-state index >= 15 is 0 Å². The van der Waals surface area contributed by atoms with Gasteiger partial charge in [0.1, 0.15) is 6.61 Å². The van der Waals surface area contributed by atoms with E-state index in [1.165, 1.54) is 19.3 Å². The number of unbranched alkanes of at least 4 members (excludes halogenated alkanes) is 4. The molecule has 2 heteroatoms. The van der Waals surface area contributed by atoms with E-state index < -0.39 is 0 Å². The van der Waals surface area contributed by atoms with Crippen LogP contribution < -0.4 is 0 Å². The number of ether oxygens (including phenoxy) is 1. The van der Waals surface area contributed by atoms with Crippen molar-refractivity contribution in [3.05, 3.63) is 30.4 Å². The second-order valence-electron chi connectivity index (χ2n) is 4.08. The molecule has 0 saturated heterocycles. The van der Waals surface area contributed by atoms with Gasteiger partial charge in [-0.2, -0.15) is 0 Å². The molecule has 0 bridgehead atoms. The van der Waals surface area contributed by atoms with Gasteiger partial charge in [-0.15, -0.1) is 0 Å². The molecule has 16 heavy (non-hydrogen) atoms. The van der Waals surface area contributed by atoms with E-state index in [9.17, 15) is 4.79 Å². The maximum atomic E-state index is 11.5.